The van der Waals surface area contributed by atoms with Crippen molar-refractivity contribution in [3.05, 3.63) is 107 Å². The van der Waals surface area contributed by atoms with Crippen LogP contribution in [0, 0.1) is 12.8 Å². The van der Waals surface area contributed by atoms with Gasteiger partial charge in [0.1, 0.15) is 16.5 Å². The predicted molar refractivity (Wildman–Crippen MR) is 184 cm³/mol. The van der Waals surface area contributed by atoms with Gasteiger partial charge in [-0.3, -0.25) is 15.1 Å². The monoisotopic (exact) mass is 633 g/mol. The van der Waals surface area contributed by atoms with Crippen molar-refractivity contribution < 1.29 is 9.59 Å². The first-order chi connectivity index (χ1) is 22.2. The number of urea groups is 1. The van der Waals surface area contributed by atoms with Crippen molar-refractivity contribution in [2.45, 2.75) is 51.9 Å². The van der Waals surface area contributed by atoms with E-state index < -0.39 is 0 Å². The second-order valence-electron chi connectivity index (χ2n) is 12.8. The summed E-state index contributed by atoms with van der Waals surface area (Å²) >= 11 is 1.47. The molecule has 236 valence electrons. The Morgan fingerprint density at radius 2 is 1.65 bits per heavy atom. The van der Waals surface area contributed by atoms with E-state index in [0.29, 0.717) is 17.2 Å². The fourth-order valence-electron chi connectivity index (χ4n) is 5.76. The van der Waals surface area contributed by atoms with Gasteiger partial charge in [-0.05, 0) is 80.7 Å². The number of aryl methyl sites for hydroxylation is 1. The molecule has 9 nitrogen and oxygen atoms in total. The number of carbonyl (C=O) groups excluding carboxylic acids is 2. The highest BCUT2D eigenvalue weighted by atomic mass is 32.1. The summed E-state index contributed by atoms with van der Waals surface area (Å²) in [4.78, 5) is 36.0. The lowest BCUT2D eigenvalue weighted by Crippen LogP contribution is -2.33. The molecular formula is C36H39N7O2S. The molecule has 0 bridgehead atoms. The number of thiazole rings is 1. The van der Waals surface area contributed by atoms with Gasteiger partial charge < -0.3 is 10.6 Å². The van der Waals surface area contributed by atoms with Gasteiger partial charge in [-0.15, -0.1) is 11.3 Å². The highest BCUT2D eigenvalue weighted by Gasteiger charge is 2.33. The topological polar surface area (TPSA) is 114 Å². The minimum absolute atomic E-state index is 0.0286. The number of piperidine rings is 1. The van der Waals surface area contributed by atoms with Crippen molar-refractivity contribution in [2.24, 2.45) is 5.92 Å². The van der Waals surface area contributed by atoms with Gasteiger partial charge in [0.05, 0.1) is 17.3 Å². The molecule has 3 aromatic heterocycles. The molecule has 0 spiro atoms. The third kappa shape index (κ3) is 7.08. The van der Waals surface area contributed by atoms with Crippen LogP contribution in [0.4, 0.5) is 16.3 Å². The predicted octanol–water partition coefficient (Wildman–Crippen LogP) is 7.61. The Hall–Kier alpha value is -4.67. The van der Waals surface area contributed by atoms with Crippen LogP contribution in [-0.2, 0) is 5.41 Å². The van der Waals surface area contributed by atoms with Crippen molar-refractivity contribution in [2.75, 3.05) is 23.7 Å². The largest absolute Gasteiger partial charge is 0.324 e. The molecule has 4 heterocycles. The number of Topliss-reactive ketones (excluding diaryl/α,β-unsaturated/α-hetero) is 1. The van der Waals surface area contributed by atoms with E-state index in [2.05, 4.69) is 41.7 Å². The number of rotatable bonds is 8. The van der Waals surface area contributed by atoms with E-state index in [4.69, 9.17) is 10.1 Å². The number of hydrogen-bond donors (Lipinski definition) is 3. The lowest BCUT2D eigenvalue weighted by atomic mass is 9.77. The summed E-state index contributed by atoms with van der Waals surface area (Å²) in [5.74, 6) is 0.479. The van der Waals surface area contributed by atoms with Gasteiger partial charge in [0.2, 0.25) is 0 Å². The van der Waals surface area contributed by atoms with Crippen LogP contribution in [0.3, 0.4) is 0 Å². The van der Waals surface area contributed by atoms with Crippen LogP contribution in [-0.4, -0.2) is 44.7 Å². The van der Waals surface area contributed by atoms with E-state index >= 15 is 0 Å². The van der Waals surface area contributed by atoms with Gasteiger partial charge in [0, 0.05) is 40.5 Å². The lowest BCUT2D eigenvalue weighted by molar-refractivity contribution is 0.0911. The summed E-state index contributed by atoms with van der Waals surface area (Å²) in [5.41, 5.74) is 5.67. The minimum atomic E-state index is -0.376. The normalized spacial score (nSPS) is 14.5. The average Bonchev–Trinajstić information content (AvgIpc) is 3.72. The molecule has 3 N–H and O–H groups in total. The maximum absolute atomic E-state index is 14.0. The first-order valence-electron chi connectivity index (χ1n) is 15.6. The maximum Gasteiger partial charge on any atom is 0.324 e. The van der Waals surface area contributed by atoms with E-state index in [9.17, 15) is 9.59 Å². The molecule has 1 unspecified atom stereocenters. The number of pyridine rings is 1. The zero-order valence-electron chi connectivity index (χ0n) is 26.6. The Kier molecular flexibility index (Phi) is 9.10. The Morgan fingerprint density at radius 1 is 0.957 bits per heavy atom. The van der Waals surface area contributed by atoms with Crippen molar-refractivity contribution in [1.82, 2.24) is 25.1 Å². The molecule has 5 aromatic rings. The number of nitrogens with one attached hydrogen (secondary N) is 3. The van der Waals surface area contributed by atoms with Crippen LogP contribution in [0.1, 0.15) is 66.8 Å². The molecule has 0 saturated carbocycles. The molecule has 10 heteroatoms. The highest BCUT2D eigenvalue weighted by molar-refractivity contribution is 7.13. The number of aromatic nitrogens is 4. The SMILES string of the molecule is Cc1ccc(-n2nc(C(C)(C)C)cc2NC(=O)Nc2ccc(C(C(=O)c3csc(-c4ccncc4)n3)C3CCNCC3)cc2)cc1. The summed E-state index contributed by atoms with van der Waals surface area (Å²) in [6, 6.07) is 21.0. The van der Waals surface area contributed by atoms with Crippen LogP contribution in [0.2, 0.25) is 0 Å². The number of nitrogens with zero attached hydrogens (tertiary/aromatic N) is 4. The number of benzene rings is 2. The summed E-state index contributed by atoms with van der Waals surface area (Å²) in [6.45, 7) is 10.1. The number of anilines is 2. The molecule has 1 aliphatic rings. The fourth-order valence-corrected chi connectivity index (χ4v) is 6.58. The Bertz CT molecular complexity index is 1800. The minimum Gasteiger partial charge on any atom is -0.317 e. The maximum atomic E-state index is 14.0. The van der Waals surface area contributed by atoms with Crippen LogP contribution >= 0.6 is 11.3 Å². The summed E-state index contributed by atoms with van der Waals surface area (Å²) in [6.07, 6.45) is 5.28. The fraction of sp³-hybridized carbons (Fsp3) is 0.306. The molecule has 1 aliphatic heterocycles. The van der Waals surface area contributed by atoms with Crippen molar-refractivity contribution in [3.8, 4) is 16.3 Å². The number of hydrogen-bond acceptors (Lipinski definition) is 7. The van der Waals surface area contributed by atoms with E-state index in [0.717, 1.165) is 59.0 Å². The van der Waals surface area contributed by atoms with Gasteiger partial charge >= 0.3 is 6.03 Å². The summed E-state index contributed by atoms with van der Waals surface area (Å²) < 4.78 is 1.76. The van der Waals surface area contributed by atoms with Crippen molar-refractivity contribution in [3.63, 3.8) is 0 Å². The number of ketones is 1. The van der Waals surface area contributed by atoms with E-state index in [1.165, 1.54) is 11.3 Å². The molecule has 2 aromatic carbocycles. The van der Waals surface area contributed by atoms with Crippen LogP contribution in [0.25, 0.3) is 16.3 Å². The van der Waals surface area contributed by atoms with Crippen LogP contribution in [0.5, 0.6) is 0 Å². The van der Waals surface area contributed by atoms with Crippen molar-refractivity contribution in [1.29, 1.82) is 0 Å². The quantitative estimate of drug-likeness (QED) is 0.152. The smallest absolute Gasteiger partial charge is 0.317 e. The Labute approximate surface area is 273 Å². The third-order valence-electron chi connectivity index (χ3n) is 8.35. The van der Waals surface area contributed by atoms with Crippen LogP contribution < -0.4 is 16.0 Å². The number of amides is 2. The van der Waals surface area contributed by atoms with E-state index in [-0.39, 0.29) is 29.1 Å². The van der Waals surface area contributed by atoms with Gasteiger partial charge in [-0.1, -0.05) is 50.6 Å². The number of carbonyl (C=O) groups is 2. The average molecular weight is 634 g/mol. The summed E-state index contributed by atoms with van der Waals surface area (Å²) in [7, 11) is 0. The first kappa shape index (κ1) is 31.3. The second-order valence-corrected chi connectivity index (χ2v) is 13.7. The highest BCUT2D eigenvalue weighted by Crippen LogP contribution is 2.36. The molecule has 2 amide bonds. The van der Waals surface area contributed by atoms with Crippen LogP contribution in [0.15, 0.2) is 84.5 Å². The van der Waals surface area contributed by atoms with Gasteiger partial charge in [0.15, 0.2) is 5.78 Å². The van der Waals surface area contributed by atoms with E-state index in [1.54, 1.807) is 17.1 Å². The molecule has 1 saturated heterocycles. The van der Waals surface area contributed by atoms with Gasteiger partial charge in [-0.25, -0.2) is 14.5 Å². The molecule has 6 rings (SSSR count). The second kappa shape index (κ2) is 13.4. The summed E-state index contributed by atoms with van der Waals surface area (Å²) in [5, 5.41) is 16.8. The molecule has 46 heavy (non-hydrogen) atoms. The van der Waals surface area contributed by atoms with Crippen molar-refractivity contribution >= 4 is 34.7 Å². The first-order valence-corrected chi connectivity index (χ1v) is 16.5. The Balaban J connectivity index is 1.20. The zero-order valence-corrected chi connectivity index (χ0v) is 27.4. The molecular weight excluding hydrogens is 595 g/mol. The molecule has 0 aliphatic carbocycles. The Morgan fingerprint density at radius 3 is 2.33 bits per heavy atom. The third-order valence-corrected chi connectivity index (χ3v) is 9.24. The molecule has 1 atom stereocenters. The molecule has 0 radical (unpaired) electrons. The van der Waals surface area contributed by atoms with Gasteiger partial charge in [-0.2, -0.15) is 5.10 Å². The zero-order chi connectivity index (χ0) is 32.3. The molecule has 1 fully saturated rings. The lowest BCUT2D eigenvalue weighted by Gasteiger charge is -2.30. The standard InChI is InChI=1S/C36H39N7O2S/c1-23-5-11-28(12-6-23)43-31(21-30(42-43)36(2,3)4)41-35(45)39-27-9-7-24(8-10-27)32(25-13-17-37-18-14-25)33(44)29-22-46-34(40-29)26-15-19-38-20-16-26/h5-12,15-16,19-22,25,32,37H,13-14,17-18H2,1-4H3,(H2,39,41,45). The van der Waals surface area contributed by atoms with E-state index in [1.807, 2.05) is 79.0 Å². The van der Waals surface area contributed by atoms with Gasteiger partial charge in [0.25, 0.3) is 0 Å².